The molecule has 0 aliphatic heterocycles. The normalized spacial score (nSPS) is 10.7. The van der Waals surface area contributed by atoms with Crippen molar-refractivity contribution in [2.45, 2.75) is 26.2 Å². The maximum atomic E-state index is 11.9. The number of nitrogens with one attached hydrogen (secondary N) is 2. The number of nitrogens with zero attached hydrogens (tertiary/aromatic N) is 3. The number of benzene rings is 1. The molecular weight excluding hydrogens is 334 g/mol. The van der Waals surface area contributed by atoms with Gasteiger partial charge in [0.25, 0.3) is 5.56 Å². The first-order valence-corrected chi connectivity index (χ1v) is 8.31. The molecule has 26 heavy (non-hydrogen) atoms. The summed E-state index contributed by atoms with van der Waals surface area (Å²) >= 11 is 0. The third-order valence-electron chi connectivity index (χ3n) is 3.86. The van der Waals surface area contributed by atoms with E-state index in [0.29, 0.717) is 36.8 Å². The summed E-state index contributed by atoms with van der Waals surface area (Å²) in [5.74, 6) is 0.832. The molecule has 134 valence electrons. The number of carbonyl (C=O) groups is 1. The number of carbonyl (C=O) groups excluding carboxylic acids is 1. The Morgan fingerprint density at radius 2 is 2.12 bits per heavy atom. The van der Waals surface area contributed by atoms with E-state index in [9.17, 15) is 9.59 Å². The molecule has 0 saturated carbocycles. The Labute approximate surface area is 149 Å². The van der Waals surface area contributed by atoms with Crippen molar-refractivity contribution in [1.82, 2.24) is 25.4 Å². The Kier molecular flexibility index (Phi) is 5.52. The van der Waals surface area contributed by atoms with Gasteiger partial charge in [0, 0.05) is 43.1 Å². The highest BCUT2D eigenvalue weighted by molar-refractivity contribution is 5.76. The van der Waals surface area contributed by atoms with E-state index < -0.39 is 0 Å². The lowest BCUT2D eigenvalue weighted by Gasteiger charge is -2.03. The van der Waals surface area contributed by atoms with Crippen molar-refractivity contribution in [3.63, 3.8) is 0 Å². The van der Waals surface area contributed by atoms with E-state index in [2.05, 4.69) is 25.4 Å². The summed E-state index contributed by atoms with van der Waals surface area (Å²) in [5, 5.41) is 6.76. The Hall–Kier alpha value is -3.29. The van der Waals surface area contributed by atoms with Gasteiger partial charge in [-0.3, -0.25) is 9.59 Å². The molecule has 8 heteroatoms. The number of aryl methyl sites for hydroxylation is 2. The van der Waals surface area contributed by atoms with Crippen LogP contribution in [0.4, 0.5) is 0 Å². The summed E-state index contributed by atoms with van der Waals surface area (Å²) in [7, 11) is 0. The number of rotatable bonds is 7. The van der Waals surface area contributed by atoms with Crippen molar-refractivity contribution in [3.8, 4) is 11.4 Å². The van der Waals surface area contributed by atoms with E-state index in [0.717, 1.165) is 11.1 Å². The Bertz CT molecular complexity index is 948. The van der Waals surface area contributed by atoms with E-state index >= 15 is 0 Å². The van der Waals surface area contributed by atoms with Crippen LogP contribution in [0.1, 0.15) is 23.6 Å². The monoisotopic (exact) mass is 353 g/mol. The van der Waals surface area contributed by atoms with Gasteiger partial charge in [-0.15, -0.1) is 0 Å². The first kappa shape index (κ1) is 17.5. The molecule has 0 saturated heterocycles. The van der Waals surface area contributed by atoms with Gasteiger partial charge in [-0.25, -0.2) is 4.98 Å². The minimum Gasteiger partial charge on any atom is -0.356 e. The van der Waals surface area contributed by atoms with Crippen LogP contribution in [0, 0.1) is 6.92 Å². The Balaban J connectivity index is 1.46. The minimum absolute atomic E-state index is 0.120. The Morgan fingerprint density at radius 3 is 2.92 bits per heavy atom. The summed E-state index contributed by atoms with van der Waals surface area (Å²) in [4.78, 5) is 33.9. The van der Waals surface area contributed by atoms with Crippen LogP contribution in [-0.2, 0) is 17.6 Å². The lowest BCUT2D eigenvalue weighted by Crippen LogP contribution is -2.26. The van der Waals surface area contributed by atoms with Gasteiger partial charge in [-0.2, -0.15) is 4.98 Å². The maximum absolute atomic E-state index is 11.9. The molecule has 2 aromatic heterocycles. The van der Waals surface area contributed by atoms with Crippen molar-refractivity contribution in [2.75, 3.05) is 6.54 Å². The molecule has 0 radical (unpaired) electrons. The molecule has 0 aliphatic rings. The highest BCUT2D eigenvalue weighted by Gasteiger charge is 2.12. The van der Waals surface area contributed by atoms with Gasteiger partial charge >= 0.3 is 0 Å². The standard InChI is InChI=1S/C18H19N5O3/c1-12-4-2-3-5-14(12)18-22-17(26-23-18)7-6-15(24)19-9-8-13-10-16(25)21-11-20-13/h2-5,10-11H,6-9H2,1H3,(H,19,24)(H,20,21,25). The van der Waals surface area contributed by atoms with Gasteiger partial charge in [0.15, 0.2) is 0 Å². The number of amides is 1. The van der Waals surface area contributed by atoms with Gasteiger partial charge < -0.3 is 14.8 Å². The molecular formula is C18H19N5O3. The van der Waals surface area contributed by atoms with E-state index in [4.69, 9.17) is 4.52 Å². The van der Waals surface area contributed by atoms with Crippen LogP contribution < -0.4 is 10.9 Å². The fourth-order valence-corrected chi connectivity index (χ4v) is 2.47. The minimum atomic E-state index is -0.206. The molecule has 2 N–H and O–H groups in total. The second-order valence-corrected chi connectivity index (χ2v) is 5.83. The molecule has 0 aliphatic carbocycles. The third kappa shape index (κ3) is 4.62. The number of H-pyrrole nitrogens is 1. The third-order valence-corrected chi connectivity index (χ3v) is 3.86. The van der Waals surface area contributed by atoms with Crippen LogP contribution in [0.2, 0.25) is 0 Å². The molecule has 0 fully saturated rings. The molecule has 8 nitrogen and oxygen atoms in total. The summed E-state index contributed by atoms with van der Waals surface area (Å²) in [5.41, 5.74) is 2.40. The Morgan fingerprint density at radius 1 is 1.27 bits per heavy atom. The lowest BCUT2D eigenvalue weighted by molar-refractivity contribution is -0.121. The second kappa shape index (κ2) is 8.19. The largest absolute Gasteiger partial charge is 0.356 e. The molecule has 0 bridgehead atoms. The predicted octanol–water partition coefficient (Wildman–Crippen LogP) is 1.42. The molecule has 0 spiro atoms. The molecule has 1 amide bonds. The second-order valence-electron chi connectivity index (χ2n) is 5.83. The maximum Gasteiger partial charge on any atom is 0.250 e. The summed E-state index contributed by atoms with van der Waals surface area (Å²) < 4.78 is 5.22. The fraction of sp³-hybridized carbons (Fsp3) is 0.278. The average molecular weight is 353 g/mol. The van der Waals surface area contributed by atoms with Gasteiger partial charge in [0.05, 0.1) is 6.33 Å². The topological polar surface area (TPSA) is 114 Å². The van der Waals surface area contributed by atoms with Gasteiger partial charge in [0.1, 0.15) is 0 Å². The van der Waals surface area contributed by atoms with Crippen molar-refractivity contribution in [3.05, 3.63) is 64.2 Å². The van der Waals surface area contributed by atoms with Crippen molar-refractivity contribution < 1.29 is 9.32 Å². The summed E-state index contributed by atoms with van der Waals surface area (Å²) in [6.45, 7) is 2.39. The highest BCUT2D eigenvalue weighted by atomic mass is 16.5. The SMILES string of the molecule is Cc1ccccc1-c1noc(CCC(=O)NCCc2cc(=O)[nH]cn2)n1. The van der Waals surface area contributed by atoms with Crippen LogP contribution in [0.25, 0.3) is 11.4 Å². The molecule has 0 unspecified atom stereocenters. The molecule has 3 aromatic rings. The fourth-order valence-electron chi connectivity index (χ4n) is 2.47. The predicted molar refractivity (Wildman–Crippen MR) is 94.4 cm³/mol. The number of aromatic nitrogens is 4. The average Bonchev–Trinajstić information content (AvgIpc) is 3.09. The van der Waals surface area contributed by atoms with Crippen molar-refractivity contribution in [1.29, 1.82) is 0 Å². The first-order valence-electron chi connectivity index (χ1n) is 8.31. The molecule has 3 rings (SSSR count). The van der Waals surface area contributed by atoms with Crippen LogP contribution in [0.5, 0.6) is 0 Å². The van der Waals surface area contributed by atoms with Crippen molar-refractivity contribution in [2.24, 2.45) is 0 Å². The highest BCUT2D eigenvalue weighted by Crippen LogP contribution is 2.20. The zero-order valence-electron chi connectivity index (χ0n) is 14.4. The van der Waals surface area contributed by atoms with E-state index in [1.165, 1.54) is 12.4 Å². The van der Waals surface area contributed by atoms with E-state index in [1.807, 2.05) is 31.2 Å². The van der Waals surface area contributed by atoms with E-state index in [1.54, 1.807) is 0 Å². The zero-order valence-corrected chi connectivity index (χ0v) is 14.4. The van der Waals surface area contributed by atoms with E-state index in [-0.39, 0.29) is 17.9 Å². The van der Waals surface area contributed by atoms with Gasteiger partial charge in [0.2, 0.25) is 17.6 Å². The zero-order chi connectivity index (χ0) is 18.4. The van der Waals surface area contributed by atoms with Gasteiger partial charge in [-0.1, -0.05) is 29.4 Å². The first-order chi connectivity index (χ1) is 12.6. The molecule has 0 atom stereocenters. The summed E-state index contributed by atoms with van der Waals surface area (Å²) in [6, 6.07) is 9.19. The lowest BCUT2D eigenvalue weighted by atomic mass is 10.1. The molecule has 2 heterocycles. The smallest absolute Gasteiger partial charge is 0.250 e. The quantitative estimate of drug-likeness (QED) is 0.664. The number of hydrogen-bond donors (Lipinski definition) is 2. The van der Waals surface area contributed by atoms with Crippen LogP contribution in [0.3, 0.4) is 0 Å². The number of aromatic amines is 1. The molecule has 1 aromatic carbocycles. The van der Waals surface area contributed by atoms with Crippen LogP contribution >= 0.6 is 0 Å². The van der Waals surface area contributed by atoms with Crippen LogP contribution in [0.15, 0.2) is 46.0 Å². The van der Waals surface area contributed by atoms with Crippen LogP contribution in [-0.4, -0.2) is 32.6 Å². The number of hydrogen-bond acceptors (Lipinski definition) is 6. The van der Waals surface area contributed by atoms with Gasteiger partial charge in [-0.05, 0) is 12.5 Å². The summed E-state index contributed by atoms with van der Waals surface area (Å²) in [6.07, 6.45) is 2.46. The van der Waals surface area contributed by atoms with Crippen molar-refractivity contribution >= 4 is 5.91 Å².